The summed E-state index contributed by atoms with van der Waals surface area (Å²) in [4.78, 5) is 7.33. The minimum atomic E-state index is 0.759. The molecule has 3 rings (SSSR count). The molecule has 2 aromatic carbocycles. The summed E-state index contributed by atoms with van der Waals surface area (Å²) in [5.74, 6) is 0. The molecular formula is C22H20ClNS. The zero-order valence-corrected chi connectivity index (χ0v) is 16.2. The third-order valence-corrected chi connectivity index (χ3v) is 5.39. The van der Waals surface area contributed by atoms with E-state index in [9.17, 15) is 0 Å². The van der Waals surface area contributed by atoms with Gasteiger partial charge in [0, 0.05) is 20.3 Å². The molecule has 1 aromatic heterocycles. The molecule has 0 amide bonds. The highest BCUT2D eigenvalue weighted by Crippen LogP contribution is 2.30. The molecule has 0 fully saturated rings. The van der Waals surface area contributed by atoms with Gasteiger partial charge in [-0.05, 0) is 50.6 Å². The van der Waals surface area contributed by atoms with Gasteiger partial charge in [0.2, 0.25) is 0 Å². The lowest BCUT2D eigenvalue weighted by atomic mass is 10.1. The molecule has 126 valence electrons. The van der Waals surface area contributed by atoms with E-state index in [2.05, 4.69) is 57.2 Å². The average molecular weight is 366 g/mol. The summed E-state index contributed by atoms with van der Waals surface area (Å²) in [7, 11) is 0. The quantitative estimate of drug-likeness (QED) is 0.429. The maximum atomic E-state index is 5.98. The van der Waals surface area contributed by atoms with Crippen molar-refractivity contribution in [2.45, 2.75) is 20.8 Å². The summed E-state index contributed by atoms with van der Waals surface area (Å²) in [6, 6.07) is 22.6. The fourth-order valence-corrected chi connectivity index (χ4v) is 3.67. The molecule has 0 aliphatic rings. The molecule has 0 saturated carbocycles. The highest BCUT2D eigenvalue weighted by molar-refractivity contribution is 7.17. The summed E-state index contributed by atoms with van der Waals surface area (Å²) in [6.07, 6.45) is 0. The van der Waals surface area contributed by atoms with E-state index >= 15 is 0 Å². The Kier molecular flexibility index (Phi) is 5.52. The van der Waals surface area contributed by atoms with Crippen molar-refractivity contribution in [1.82, 2.24) is 0 Å². The smallest absolute Gasteiger partial charge is 0.0692 e. The largest absolute Gasteiger partial charge is 0.252 e. The first-order valence-corrected chi connectivity index (χ1v) is 9.38. The lowest BCUT2D eigenvalue weighted by Gasteiger charge is -2.07. The van der Waals surface area contributed by atoms with Gasteiger partial charge >= 0.3 is 0 Å². The normalized spacial score (nSPS) is 11.4. The van der Waals surface area contributed by atoms with Crippen LogP contribution in [0.5, 0.6) is 0 Å². The standard InChI is InChI=1S/C22H20ClNS/c1-15(2)22(18-7-5-4-6-8-18)24-16(3)20-13-14-21(25-20)17-9-11-19(23)12-10-17/h4-14H,1-3H3/b24-16+. The van der Waals surface area contributed by atoms with Crippen LogP contribution in [0.2, 0.25) is 5.02 Å². The zero-order chi connectivity index (χ0) is 17.8. The van der Waals surface area contributed by atoms with Crippen LogP contribution in [0.25, 0.3) is 16.1 Å². The van der Waals surface area contributed by atoms with Gasteiger partial charge in [0.1, 0.15) is 0 Å². The van der Waals surface area contributed by atoms with Gasteiger partial charge in [-0.1, -0.05) is 59.6 Å². The number of benzene rings is 2. The first-order valence-electron chi connectivity index (χ1n) is 8.19. The first-order chi connectivity index (χ1) is 12.0. The summed E-state index contributed by atoms with van der Waals surface area (Å²) >= 11 is 7.73. The van der Waals surface area contributed by atoms with Crippen LogP contribution in [0.3, 0.4) is 0 Å². The minimum Gasteiger partial charge on any atom is -0.252 e. The van der Waals surface area contributed by atoms with Gasteiger partial charge in [-0.2, -0.15) is 0 Å². The predicted molar refractivity (Wildman–Crippen MR) is 112 cm³/mol. The lowest BCUT2D eigenvalue weighted by molar-refractivity contribution is 1.33. The van der Waals surface area contributed by atoms with Gasteiger partial charge in [-0.25, -0.2) is 0 Å². The third-order valence-electron chi connectivity index (χ3n) is 3.89. The molecule has 3 heteroatoms. The molecule has 0 unspecified atom stereocenters. The van der Waals surface area contributed by atoms with Gasteiger partial charge in [0.25, 0.3) is 0 Å². The molecule has 25 heavy (non-hydrogen) atoms. The van der Waals surface area contributed by atoms with Crippen molar-refractivity contribution in [3.63, 3.8) is 0 Å². The van der Waals surface area contributed by atoms with Gasteiger partial charge < -0.3 is 0 Å². The summed E-state index contributed by atoms with van der Waals surface area (Å²) in [6.45, 7) is 6.28. The second-order valence-corrected chi connectivity index (χ2v) is 7.60. The molecule has 0 spiro atoms. The number of thiophene rings is 1. The van der Waals surface area contributed by atoms with E-state index in [1.54, 1.807) is 11.3 Å². The van der Waals surface area contributed by atoms with Crippen LogP contribution < -0.4 is 0 Å². The summed E-state index contributed by atoms with van der Waals surface area (Å²) in [5, 5.41) is 0.759. The molecule has 0 N–H and O–H groups in total. The number of nitrogens with zero attached hydrogens (tertiary/aromatic N) is 1. The van der Waals surface area contributed by atoms with Gasteiger partial charge in [0.05, 0.1) is 11.4 Å². The Bertz CT molecular complexity index is 914. The Hall–Kier alpha value is -2.16. The summed E-state index contributed by atoms with van der Waals surface area (Å²) < 4.78 is 0. The topological polar surface area (TPSA) is 12.4 Å². The molecule has 0 saturated heterocycles. The van der Waals surface area contributed by atoms with E-state index in [1.807, 2.05) is 30.3 Å². The minimum absolute atomic E-state index is 0.759. The number of aliphatic imine (C=N–C) groups is 1. The number of rotatable bonds is 4. The molecule has 1 nitrogen and oxygen atoms in total. The van der Waals surface area contributed by atoms with Crippen LogP contribution in [-0.2, 0) is 0 Å². The number of halogens is 1. The van der Waals surface area contributed by atoms with E-state index in [0.29, 0.717) is 0 Å². The second-order valence-electron chi connectivity index (χ2n) is 6.08. The number of hydrogen-bond acceptors (Lipinski definition) is 2. The Balaban J connectivity index is 1.92. The van der Waals surface area contributed by atoms with E-state index in [-0.39, 0.29) is 0 Å². The van der Waals surface area contributed by atoms with Gasteiger partial charge in [0.15, 0.2) is 0 Å². The zero-order valence-electron chi connectivity index (χ0n) is 14.6. The van der Waals surface area contributed by atoms with Crippen LogP contribution in [0.1, 0.15) is 31.2 Å². The first kappa shape index (κ1) is 17.7. The number of allylic oxidation sites excluding steroid dienone is 1. The average Bonchev–Trinajstić information content (AvgIpc) is 3.11. The van der Waals surface area contributed by atoms with E-state index in [0.717, 1.165) is 22.0 Å². The molecule has 0 bridgehead atoms. The van der Waals surface area contributed by atoms with E-state index in [1.165, 1.54) is 20.9 Å². The van der Waals surface area contributed by atoms with E-state index in [4.69, 9.17) is 16.6 Å². The molecule has 0 aliphatic heterocycles. The Labute approximate surface area is 158 Å². The molecule has 3 aromatic rings. The van der Waals surface area contributed by atoms with Crippen molar-refractivity contribution in [2.24, 2.45) is 4.99 Å². The predicted octanol–water partition coefficient (Wildman–Crippen LogP) is 7.33. The monoisotopic (exact) mass is 365 g/mol. The Morgan fingerprint density at radius 2 is 1.52 bits per heavy atom. The van der Waals surface area contributed by atoms with Crippen molar-refractivity contribution in [1.29, 1.82) is 0 Å². The second kappa shape index (κ2) is 7.81. The van der Waals surface area contributed by atoms with Crippen molar-refractivity contribution < 1.29 is 0 Å². The fourth-order valence-electron chi connectivity index (χ4n) is 2.59. The Morgan fingerprint density at radius 3 is 2.16 bits per heavy atom. The lowest BCUT2D eigenvalue weighted by Crippen LogP contribution is -1.93. The van der Waals surface area contributed by atoms with Crippen LogP contribution in [0.4, 0.5) is 0 Å². The van der Waals surface area contributed by atoms with Crippen molar-refractivity contribution in [2.75, 3.05) is 0 Å². The highest BCUT2D eigenvalue weighted by Gasteiger charge is 2.08. The Morgan fingerprint density at radius 1 is 0.840 bits per heavy atom. The molecule has 0 radical (unpaired) electrons. The van der Waals surface area contributed by atoms with E-state index < -0.39 is 0 Å². The molecule has 0 aliphatic carbocycles. The molecular weight excluding hydrogens is 346 g/mol. The van der Waals surface area contributed by atoms with Gasteiger partial charge in [-0.15, -0.1) is 11.3 Å². The van der Waals surface area contributed by atoms with Gasteiger partial charge in [-0.3, -0.25) is 4.99 Å². The van der Waals surface area contributed by atoms with Crippen molar-refractivity contribution in [3.05, 3.63) is 87.8 Å². The van der Waals surface area contributed by atoms with Crippen LogP contribution in [-0.4, -0.2) is 5.71 Å². The maximum absolute atomic E-state index is 5.98. The van der Waals surface area contributed by atoms with Crippen LogP contribution in [0, 0.1) is 0 Å². The molecule has 0 atom stereocenters. The maximum Gasteiger partial charge on any atom is 0.0692 e. The highest BCUT2D eigenvalue weighted by atomic mass is 35.5. The summed E-state index contributed by atoms with van der Waals surface area (Å²) in [5.41, 5.74) is 5.61. The van der Waals surface area contributed by atoms with Crippen LogP contribution in [0.15, 0.2) is 77.3 Å². The SMILES string of the molecule is CC(C)=C(/N=C(\C)c1ccc(-c2ccc(Cl)cc2)s1)c1ccccc1. The molecule has 1 heterocycles. The third kappa shape index (κ3) is 4.28. The van der Waals surface area contributed by atoms with Crippen molar-refractivity contribution in [3.8, 4) is 10.4 Å². The van der Waals surface area contributed by atoms with Crippen LogP contribution >= 0.6 is 22.9 Å². The van der Waals surface area contributed by atoms with Crippen molar-refractivity contribution >= 4 is 34.3 Å². The number of hydrogen-bond donors (Lipinski definition) is 0. The fraction of sp³-hybridized carbons (Fsp3) is 0.136.